The Bertz CT molecular complexity index is 1090. The monoisotopic (exact) mass is 601 g/mol. The fraction of sp³-hybridized carbons (Fsp3) is 0.886. The fourth-order valence-corrected chi connectivity index (χ4v) is 11.1. The van der Waals surface area contributed by atoms with E-state index in [0.717, 1.165) is 70.8 Å². The normalized spacial score (nSPS) is 42.7. The van der Waals surface area contributed by atoms with E-state index in [1.54, 1.807) is 0 Å². The average Bonchev–Trinajstić information content (AvgIpc) is 3.51. The summed E-state index contributed by atoms with van der Waals surface area (Å²) in [7, 11) is 0. The molecule has 43 heavy (non-hydrogen) atoms. The minimum atomic E-state index is -0.257. The molecule has 0 N–H and O–H groups in total. The van der Waals surface area contributed by atoms with Crippen LogP contribution in [0.15, 0.2) is 0 Å². The fourth-order valence-electron chi connectivity index (χ4n) is 11.1. The zero-order valence-corrected chi connectivity index (χ0v) is 27.6. The van der Waals surface area contributed by atoms with Crippen LogP contribution in [0.5, 0.6) is 0 Å². The Morgan fingerprint density at radius 1 is 0.860 bits per heavy atom. The highest BCUT2D eigenvalue weighted by Crippen LogP contribution is 2.69. The number of hydrogen-bond donors (Lipinski definition) is 0. The van der Waals surface area contributed by atoms with Crippen molar-refractivity contribution in [1.82, 2.24) is 4.90 Å². The number of rotatable bonds is 7. The highest BCUT2D eigenvalue weighted by atomic mass is 16.6. The Kier molecular flexibility index (Phi) is 9.27. The molecule has 0 aromatic heterocycles. The van der Waals surface area contributed by atoms with E-state index < -0.39 is 0 Å². The predicted molar refractivity (Wildman–Crippen MR) is 161 cm³/mol. The summed E-state index contributed by atoms with van der Waals surface area (Å²) in [6, 6.07) is 0.332. The van der Waals surface area contributed by atoms with E-state index in [1.165, 1.54) is 20.8 Å². The number of ether oxygens (including phenoxy) is 3. The molecule has 242 valence electrons. The number of likely N-dealkylation sites (tertiary alicyclic amines) is 1. The molecule has 5 rings (SSSR count). The first-order valence-electron chi connectivity index (χ1n) is 17.1. The molecule has 8 heteroatoms. The maximum atomic E-state index is 13.1. The summed E-state index contributed by atoms with van der Waals surface area (Å²) >= 11 is 0. The van der Waals surface area contributed by atoms with Crippen molar-refractivity contribution < 1.29 is 33.4 Å². The van der Waals surface area contributed by atoms with Gasteiger partial charge in [0.15, 0.2) is 0 Å². The van der Waals surface area contributed by atoms with E-state index in [9.17, 15) is 19.2 Å². The van der Waals surface area contributed by atoms with Crippen molar-refractivity contribution in [3.05, 3.63) is 0 Å². The molecule has 1 aliphatic heterocycles. The number of esters is 3. The maximum absolute atomic E-state index is 13.1. The second kappa shape index (κ2) is 12.3. The summed E-state index contributed by atoms with van der Waals surface area (Å²) < 4.78 is 18.1. The van der Waals surface area contributed by atoms with E-state index in [-0.39, 0.29) is 76.6 Å². The lowest BCUT2D eigenvalue weighted by atomic mass is 9.43. The maximum Gasteiger partial charge on any atom is 0.302 e. The minimum absolute atomic E-state index is 0.0137. The Morgan fingerprint density at radius 2 is 1.56 bits per heavy atom. The Morgan fingerprint density at radius 3 is 2.19 bits per heavy atom. The van der Waals surface area contributed by atoms with Crippen LogP contribution in [0.4, 0.5) is 0 Å². The van der Waals surface area contributed by atoms with Crippen LogP contribution in [0.25, 0.3) is 0 Å². The largest absolute Gasteiger partial charge is 0.463 e. The van der Waals surface area contributed by atoms with Crippen molar-refractivity contribution in [3.63, 3.8) is 0 Å². The van der Waals surface area contributed by atoms with Gasteiger partial charge in [0.2, 0.25) is 5.91 Å². The number of hydrogen-bond acceptors (Lipinski definition) is 7. The van der Waals surface area contributed by atoms with Crippen LogP contribution >= 0.6 is 0 Å². The molecular formula is C35H55NO7. The van der Waals surface area contributed by atoms with Crippen LogP contribution in [-0.4, -0.2) is 59.6 Å². The molecule has 5 fully saturated rings. The van der Waals surface area contributed by atoms with Gasteiger partial charge in [-0.25, -0.2) is 0 Å². The van der Waals surface area contributed by atoms with Gasteiger partial charge in [0.25, 0.3) is 0 Å². The molecule has 0 radical (unpaired) electrons. The molecule has 0 aromatic carbocycles. The SMILES string of the molecule is CC(=O)O[C@@H]1CC[C@@]2(C)[C@@H](C1)C[C@@H](OC(C)=O)[C@@H]1[C@@H]2C[C@H](OC(C)=O)[C@]2(C)[C@@H]([C@H](C)CCC(=O)N3CCCC3C)CC[C@@H]12. The van der Waals surface area contributed by atoms with Gasteiger partial charge in [-0.3, -0.25) is 19.2 Å². The molecule has 0 bridgehead atoms. The van der Waals surface area contributed by atoms with E-state index in [0.29, 0.717) is 24.3 Å². The van der Waals surface area contributed by atoms with Crippen molar-refractivity contribution in [1.29, 1.82) is 0 Å². The first-order chi connectivity index (χ1) is 20.2. The lowest BCUT2D eigenvalue weighted by molar-refractivity contribution is -0.224. The molecule has 5 aliphatic rings. The predicted octanol–water partition coefficient (Wildman–Crippen LogP) is 6.09. The van der Waals surface area contributed by atoms with Crippen molar-refractivity contribution in [2.24, 2.45) is 46.3 Å². The number of nitrogens with zero attached hydrogens (tertiary/aromatic N) is 1. The van der Waals surface area contributed by atoms with Gasteiger partial charge in [0.1, 0.15) is 18.3 Å². The third kappa shape index (κ3) is 5.97. The summed E-state index contributed by atoms with van der Waals surface area (Å²) in [4.78, 5) is 52.0. The molecule has 8 nitrogen and oxygen atoms in total. The number of carbonyl (C=O) groups excluding carboxylic acids is 4. The molecule has 1 heterocycles. The lowest BCUT2D eigenvalue weighted by Crippen LogP contribution is -2.63. The second-order valence-electron chi connectivity index (χ2n) is 15.4. The molecule has 0 spiro atoms. The van der Waals surface area contributed by atoms with Gasteiger partial charge in [-0.1, -0.05) is 20.8 Å². The first kappa shape index (κ1) is 32.3. The van der Waals surface area contributed by atoms with Gasteiger partial charge in [-0.05, 0) is 106 Å². The highest BCUT2D eigenvalue weighted by molar-refractivity contribution is 5.76. The van der Waals surface area contributed by atoms with Gasteiger partial charge in [0.05, 0.1) is 0 Å². The third-order valence-electron chi connectivity index (χ3n) is 13.1. The molecule has 4 saturated carbocycles. The van der Waals surface area contributed by atoms with Gasteiger partial charge in [-0.2, -0.15) is 0 Å². The van der Waals surface area contributed by atoms with Crippen molar-refractivity contribution in [2.45, 2.75) is 143 Å². The second-order valence-corrected chi connectivity index (χ2v) is 15.4. The Balaban J connectivity index is 1.42. The van der Waals surface area contributed by atoms with E-state index >= 15 is 0 Å². The zero-order valence-electron chi connectivity index (χ0n) is 27.6. The summed E-state index contributed by atoms with van der Waals surface area (Å²) in [6.07, 6.45) is 9.17. The van der Waals surface area contributed by atoms with Gasteiger partial charge < -0.3 is 19.1 Å². The topological polar surface area (TPSA) is 99.2 Å². The average molecular weight is 602 g/mol. The van der Waals surface area contributed by atoms with Crippen LogP contribution in [-0.2, 0) is 33.4 Å². The summed E-state index contributed by atoms with van der Waals surface area (Å²) in [5.41, 5.74) is -0.271. The molecule has 0 aromatic rings. The van der Waals surface area contributed by atoms with E-state index in [1.807, 2.05) is 0 Å². The first-order valence-corrected chi connectivity index (χ1v) is 17.1. The van der Waals surface area contributed by atoms with Crippen molar-refractivity contribution in [3.8, 4) is 0 Å². The van der Waals surface area contributed by atoms with Crippen LogP contribution in [0.1, 0.15) is 119 Å². The highest BCUT2D eigenvalue weighted by Gasteiger charge is 2.67. The molecule has 1 unspecified atom stereocenters. The van der Waals surface area contributed by atoms with E-state index in [2.05, 4.69) is 32.6 Å². The molecule has 1 saturated heterocycles. The zero-order chi connectivity index (χ0) is 31.3. The van der Waals surface area contributed by atoms with Gasteiger partial charge in [0, 0.05) is 51.1 Å². The molecular weight excluding hydrogens is 546 g/mol. The molecule has 1 amide bonds. The van der Waals surface area contributed by atoms with Crippen LogP contribution < -0.4 is 0 Å². The third-order valence-corrected chi connectivity index (χ3v) is 13.1. The summed E-state index contributed by atoms with van der Waals surface area (Å²) in [6.45, 7) is 14.5. The summed E-state index contributed by atoms with van der Waals surface area (Å²) in [5, 5.41) is 0. The van der Waals surface area contributed by atoms with Gasteiger partial charge >= 0.3 is 17.9 Å². The Hall–Kier alpha value is -2.12. The lowest BCUT2D eigenvalue weighted by Gasteiger charge is -2.64. The van der Waals surface area contributed by atoms with Crippen LogP contribution in [0.3, 0.4) is 0 Å². The van der Waals surface area contributed by atoms with Gasteiger partial charge in [-0.15, -0.1) is 0 Å². The van der Waals surface area contributed by atoms with Crippen LogP contribution in [0, 0.1) is 46.3 Å². The van der Waals surface area contributed by atoms with Crippen molar-refractivity contribution >= 4 is 23.8 Å². The number of carbonyl (C=O) groups is 4. The molecule has 4 aliphatic carbocycles. The van der Waals surface area contributed by atoms with E-state index in [4.69, 9.17) is 14.2 Å². The Labute approximate surface area is 258 Å². The minimum Gasteiger partial charge on any atom is -0.463 e. The standard InChI is InChI=1S/C35H55NO7/c1-20(10-13-32(40)36-16-8-9-21(36)2)27-11-12-28-33-29(19-31(35(27,28)7)43-24(5)39)34(6)15-14-26(41-22(3)37)17-25(34)18-30(33)42-23(4)38/h20-21,25-31,33H,8-19H2,1-7H3/t20-,21?,25+,26-,27-,28+,29+,30-,31+,33+,34+,35-/m1/s1. The summed E-state index contributed by atoms with van der Waals surface area (Å²) in [5.74, 6) is 1.10. The smallest absolute Gasteiger partial charge is 0.302 e. The number of fused-ring (bicyclic) bond motifs is 5. The molecule has 12 atom stereocenters. The quantitative estimate of drug-likeness (QED) is 0.257. The van der Waals surface area contributed by atoms with Crippen LogP contribution in [0.2, 0.25) is 0 Å². The number of amides is 1. The van der Waals surface area contributed by atoms with Crippen molar-refractivity contribution in [2.75, 3.05) is 6.54 Å².